The first kappa shape index (κ1) is 22.1. The molecule has 1 aliphatic rings. The van der Waals surface area contributed by atoms with E-state index in [-0.39, 0.29) is 28.4 Å². The molecule has 0 saturated carbocycles. The number of benzene rings is 2. The molecular weight excluding hydrogens is 454 g/mol. The summed E-state index contributed by atoms with van der Waals surface area (Å²) in [6, 6.07) is 14.1. The van der Waals surface area contributed by atoms with Crippen molar-refractivity contribution in [3.63, 3.8) is 0 Å². The number of esters is 1. The second-order valence-electron chi connectivity index (χ2n) is 7.69. The molecule has 0 bridgehead atoms. The Morgan fingerprint density at radius 3 is 2.49 bits per heavy atom. The van der Waals surface area contributed by atoms with Gasteiger partial charge in [-0.05, 0) is 41.5 Å². The van der Waals surface area contributed by atoms with Crippen LogP contribution in [0.2, 0.25) is 0 Å². The van der Waals surface area contributed by atoms with E-state index in [0.717, 1.165) is 0 Å². The fourth-order valence-corrected chi connectivity index (χ4v) is 4.19. The maximum absolute atomic E-state index is 13.1. The monoisotopic (exact) mass is 475 g/mol. The Morgan fingerprint density at radius 2 is 1.77 bits per heavy atom. The number of fused-ring (bicyclic) bond motifs is 3. The Balaban J connectivity index is 1.88. The van der Waals surface area contributed by atoms with E-state index in [1.807, 2.05) is 0 Å². The van der Waals surface area contributed by atoms with E-state index in [9.17, 15) is 9.59 Å². The van der Waals surface area contributed by atoms with Crippen molar-refractivity contribution in [1.29, 1.82) is 0 Å². The number of carbonyl (C=O) groups is 1. The maximum Gasteiger partial charge on any atom is 0.362 e. The van der Waals surface area contributed by atoms with E-state index in [0.29, 0.717) is 28.3 Å². The number of methoxy groups -OCH3 is 3. The standard InChI is InChI=1S/C25H21N3O7/c1-31-15-8-4-6-13(10-15)11-17-23(29)34-21-19(24(30)33-3)18(14-7-5-9-16(12-14)32-2)20-22(28(17)21)35-25(26)27-20/h4-12,18H,1-3H3,(H2,26,27)/b17-11+/t18-/m1/s1. The molecule has 1 aliphatic heterocycles. The number of nitrogens with zero attached hydrogens (tertiary/aromatic N) is 2. The minimum absolute atomic E-state index is 0.0348. The normalized spacial score (nSPS) is 14.9. The summed E-state index contributed by atoms with van der Waals surface area (Å²) >= 11 is 0. The van der Waals surface area contributed by atoms with Crippen LogP contribution in [0.25, 0.3) is 17.5 Å². The van der Waals surface area contributed by atoms with Gasteiger partial charge in [-0.1, -0.05) is 24.3 Å². The van der Waals surface area contributed by atoms with Crippen LogP contribution in [0.3, 0.4) is 0 Å². The number of nitrogen functional groups attached to an aromatic ring is 1. The molecule has 0 unspecified atom stereocenters. The molecule has 178 valence electrons. The summed E-state index contributed by atoms with van der Waals surface area (Å²) in [6.45, 7) is 0. The SMILES string of the molecule is COC(=O)C1=c2oc(=O)/c(=C\c3cccc(OC)c3)n2-c2oc(N)nc2[C@@H]1c1cccc(OC)c1. The Morgan fingerprint density at radius 1 is 1.06 bits per heavy atom. The van der Waals surface area contributed by atoms with Gasteiger partial charge in [0.25, 0.3) is 6.01 Å². The van der Waals surface area contributed by atoms with Gasteiger partial charge in [-0.2, -0.15) is 4.98 Å². The summed E-state index contributed by atoms with van der Waals surface area (Å²) in [5.74, 6) is -0.139. The van der Waals surface area contributed by atoms with Gasteiger partial charge in [0, 0.05) is 0 Å². The molecule has 5 rings (SSSR count). The van der Waals surface area contributed by atoms with Crippen molar-refractivity contribution in [2.75, 3.05) is 27.1 Å². The largest absolute Gasteiger partial charge is 0.497 e. The zero-order chi connectivity index (χ0) is 24.7. The molecule has 0 saturated heterocycles. The molecule has 0 spiro atoms. The number of carbonyl (C=O) groups excluding carboxylic acids is 1. The third-order valence-electron chi connectivity index (χ3n) is 5.72. The Kier molecular flexibility index (Phi) is 5.40. The third kappa shape index (κ3) is 3.65. The van der Waals surface area contributed by atoms with Gasteiger partial charge in [-0.25, -0.2) is 14.2 Å². The Hall–Kier alpha value is -4.73. The lowest BCUT2D eigenvalue weighted by atomic mass is 9.87. The quantitative estimate of drug-likeness (QED) is 0.424. The number of hydrogen-bond acceptors (Lipinski definition) is 9. The first-order valence-electron chi connectivity index (χ1n) is 10.6. The summed E-state index contributed by atoms with van der Waals surface area (Å²) in [4.78, 5) is 30.5. The minimum atomic E-state index is -0.788. The zero-order valence-electron chi connectivity index (χ0n) is 19.1. The van der Waals surface area contributed by atoms with Gasteiger partial charge in [-0.15, -0.1) is 0 Å². The second kappa shape index (κ2) is 8.56. The first-order chi connectivity index (χ1) is 16.9. The van der Waals surface area contributed by atoms with Crippen LogP contribution in [0.1, 0.15) is 22.7 Å². The smallest absolute Gasteiger partial charge is 0.362 e. The molecule has 35 heavy (non-hydrogen) atoms. The topological polar surface area (TPSA) is 132 Å². The van der Waals surface area contributed by atoms with Gasteiger partial charge in [-0.3, -0.25) is 0 Å². The van der Waals surface area contributed by atoms with Crippen LogP contribution >= 0.6 is 0 Å². The van der Waals surface area contributed by atoms with E-state index < -0.39 is 17.5 Å². The van der Waals surface area contributed by atoms with Gasteiger partial charge >= 0.3 is 11.6 Å². The highest BCUT2D eigenvalue weighted by atomic mass is 16.5. The van der Waals surface area contributed by atoms with Crippen molar-refractivity contribution in [3.8, 4) is 17.4 Å². The third-order valence-corrected chi connectivity index (χ3v) is 5.72. The number of nitrogens with two attached hydrogens (primary N) is 1. The minimum Gasteiger partial charge on any atom is -0.497 e. The Bertz CT molecular complexity index is 1630. The molecule has 2 aromatic heterocycles. The average Bonchev–Trinajstić information content (AvgIpc) is 3.41. The number of ether oxygens (including phenoxy) is 3. The Labute approximate surface area is 198 Å². The van der Waals surface area contributed by atoms with Crippen molar-refractivity contribution in [3.05, 3.63) is 86.7 Å². The molecule has 2 aromatic carbocycles. The van der Waals surface area contributed by atoms with Gasteiger partial charge in [0.05, 0.1) is 27.2 Å². The average molecular weight is 475 g/mol. The second-order valence-corrected chi connectivity index (χ2v) is 7.69. The van der Waals surface area contributed by atoms with E-state index in [1.54, 1.807) is 61.7 Å². The number of anilines is 1. The fourth-order valence-electron chi connectivity index (χ4n) is 4.19. The summed E-state index contributed by atoms with van der Waals surface area (Å²) in [6.07, 6.45) is 1.60. The van der Waals surface area contributed by atoms with Gasteiger partial charge in [0.1, 0.15) is 28.1 Å². The van der Waals surface area contributed by atoms with E-state index in [1.165, 1.54) is 18.8 Å². The summed E-state index contributed by atoms with van der Waals surface area (Å²) < 4.78 is 28.4. The summed E-state index contributed by atoms with van der Waals surface area (Å²) in [5.41, 5.74) is 6.93. The zero-order valence-corrected chi connectivity index (χ0v) is 19.1. The molecule has 4 aromatic rings. The first-order valence-corrected chi connectivity index (χ1v) is 10.6. The van der Waals surface area contributed by atoms with Crippen LogP contribution in [0, 0.1) is 0 Å². The van der Waals surface area contributed by atoms with Gasteiger partial charge in [0.2, 0.25) is 11.4 Å². The van der Waals surface area contributed by atoms with Gasteiger partial charge < -0.3 is 28.8 Å². The molecule has 1 atom stereocenters. The number of oxazole rings is 2. The van der Waals surface area contributed by atoms with Gasteiger partial charge in [0.15, 0.2) is 0 Å². The lowest BCUT2D eigenvalue weighted by molar-refractivity contribution is -0.134. The van der Waals surface area contributed by atoms with Crippen LogP contribution in [0.15, 0.2) is 62.2 Å². The maximum atomic E-state index is 13.1. The van der Waals surface area contributed by atoms with Crippen LogP contribution in [-0.2, 0) is 9.53 Å². The van der Waals surface area contributed by atoms with Crippen LogP contribution < -0.4 is 31.7 Å². The fraction of sp³-hybridized carbons (Fsp3) is 0.160. The van der Waals surface area contributed by atoms with E-state index >= 15 is 0 Å². The van der Waals surface area contributed by atoms with Crippen LogP contribution in [0.4, 0.5) is 6.01 Å². The lowest BCUT2D eigenvalue weighted by Crippen LogP contribution is -2.37. The van der Waals surface area contributed by atoms with Crippen molar-refractivity contribution in [2.45, 2.75) is 5.92 Å². The molecule has 10 heteroatoms. The van der Waals surface area contributed by atoms with Crippen LogP contribution in [-0.4, -0.2) is 36.8 Å². The number of rotatable bonds is 5. The molecule has 0 radical (unpaired) electrons. The number of hydrogen-bond donors (Lipinski definition) is 1. The highest BCUT2D eigenvalue weighted by molar-refractivity contribution is 6.12. The van der Waals surface area contributed by atoms with Crippen molar-refractivity contribution >= 4 is 23.6 Å². The van der Waals surface area contributed by atoms with Crippen molar-refractivity contribution < 1.29 is 27.8 Å². The predicted molar refractivity (Wildman–Crippen MR) is 125 cm³/mol. The molecule has 0 amide bonds. The summed E-state index contributed by atoms with van der Waals surface area (Å²) in [5, 5.41) is 0.108. The highest BCUT2D eigenvalue weighted by Gasteiger charge is 2.39. The molecular formula is C25H21N3O7. The summed E-state index contributed by atoms with van der Waals surface area (Å²) in [7, 11) is 4.33. The molecule has 3 heterocycles. The van der Waals surface area contributed by atoms with Crippen molar-refractivity contribution in [2.24, 2.45) is 0 Å². The van der Waals surface area contributed by atoms with E-state index in [4.69, 9.17) is 28.8 Å². The van der Waals surface area contributed by atoms with E-state index in [2.05, 4.69) is 4.98 Å². The van der Waals surface area contributed by atoms with Crippen LogP contribution in [0.5, 0.6) is 11.5 Å². The molecule has 0 aliphatic carbocycles. The predicted octanol–water partition coefficient (Wildman–Crippen LogP) is 1.32. The van der Waals surface area contributed by atoms with Crippen molar-refractivity contribution in [1.82, 2.24) is 9.55 Å². The number of aromatic nitrogens is 2. The molecule has 2 N–H and O–H groups in total. The molecule has 10 nitrogen and oxygen atoms in total. The molecule has 0 fully saturated rings. The highest BCUT2D eigenvalue weighted by Crippen LogP contribution is 2.39. The lowest BCUT2D eigenvalue weighted by Gasteiger charge is -2.21.